The molecule has 124 valence electrons. The Balaban J connectivity index is 2.36. The lowest BCUT2D eigenvalue weighted by Crippen LogP contribution is -2.15. The summed E-state index contributed by atoms with van der Waals surface area (Å²) in [6.07, 6.45) is 1.64. The highest BCUT2D eigenvalue weighted by molar-refractivity contribution is 6.13. The molecule has 0 saturated carbocycles. The molecule has 7 heteroatoms. The second-order valence-corrected chi connectivity index (χ2v) is 5.98. The van der Waals surface area contributed by atoms with E-state index in [0.717, 1.165) is 10.8 Å². The van der Waals surface area contributed by atoms with Crippen molar-refractivity contribution >= 4 is 39.2 Å². The van der Waals surface area contributed by atoms with Gasteiger partial charge in [-0.15, -0.1) is 0 Å². The Morgan fingerprint density at radius 1 is 1.38 bits per heavy atom. The minimum atomic E-state index is -0.273. The van der Waals surface area contributed by atoms with Crippen LogP contribution in [-0.4, -0.2) is 33.4 Å². The Kier molecular flexibility index (Phi) is 4.02. The zero-order valence-corrected chi connectivity index (χ0v) is 13.5. The summed E-state index contributed by atoms with van der Waals surface area (Å²) in [5.41, 5.74) is 7.94. The molecule has 0 bridgehead atoms. The number of aliphatic hydroxyl groups excluding tert-OH is 1. The lowest BCUT2D eigenvalue weighted by atomic mass is 10.1. The number of hydrogen-bond donors (Lipinski definition) is 3. The van der Waals surface area contributed by atoms with Gasteiger partial charge in [0.1, 0.15) is 0 Å². The summed E-state index contributed by atoms with van der Waals surface area (Å²) < 4.78 is 0. The quantitative estimate of drug-likeness (QED) is 0.494. The number of pyridine rings is 1. The van der Waals surface area contributed by atoms with E-state index >= 15 is 0 Å². The number of aliphatic hydroxyl groups is 1. The van der Waals surface area contributed by atoms with Gasteiger partial charge in [0.05, 0.1) is 34.4 Å². The van der Waals surface area contributed by atoms with E-state index in [9.17, 15) is 9.59 Å². The molecule has 0 radical (unpaired) electrons. The number of carbonyl (C=O) groups excluding carboxylic acids is 2. The lowest BCUT2D eigenvalue weighted by molar-refractivity contribution is -0.120. The number of nitrogens with one attached hydrogen (secondary N) is 1. The molecule has 7 nitrogen and oxygen atoms in total. The van der Waals surface area contributed by atoms with Crippen molar-refractivity contribution < 1.29 is 14.7 Å². The summed E-state index contributed by atoms with van der Waals surface area (Å²) in [5, 5.41) is 10.8. The maximum Gasteiger partial charge on any atom is 0.248 e. The first-order valence-corrected chi connectivity index (χ1v) is 7.68. The molecular weight excluding hydrogens is 308 g/mol. The van der Waals surface area contributed by atoms with Gasteiger partial charge < -0.3 is 15.8 Å². The minimum Gasteiger partial charge on any atom is -0.397 e. The molecule has 0 fully saturated rings. The number of carbonyl (C=O) groups is 2. The monoisotopic (exact) mass is 326 g/mol. The fraction of sp³-hybridized carbons (Fsp3) is 0.294. The summed E-state index contributed by atoms with van der Waals surface area (Å²) in [7, 11) is 0. The SMILES string of the molecule is CC(C)C(=O)N=c1cc(N)c2ncc3cc(C(=O)CCO)[nH]c1c32. The largest absolute Gasteiger partial charge is 0.397 e. The van der Waals surface area contributed by atoms with Gasteiger partial charge in [0.15, 0.2) is 5.78 Å². The van der Waals surface area contributed by atoms with Crippen molar-refractivity contribution in [3.63, 3.8) is 0 Å². The van der Waals surface area contributed by atoms with E-state index in [-0.39, 0.29) is 30.6 Å². The van der Waals surface area contributed by atoms with Crippen molar-refractivity contribution in [3.8, 4) is 0 Å². The molecule has 2 heterocycles. The number of nitrogen functional groups attached to an aromatic ring is 1. The zero-order chi connectivity index (χ0) is 17.4. The Morgan fingerprint density at radius 2 is 2.12 bits per heavy atom. The van der Waals surface area contributed by atoms with Crippen molar-refractivity contribution in [2.24, 2.45) is 10.9 Å². The van der Waals surface area contributed by atoms with Crippen LogP contribution in [0.2, 0.25) is 0 Å². The molecule has 1 aromatic carbocycles. The van der Waals surface area contributed by atoms with Crippen LogP contribution < -0.4 is 11.1 Å². The van der Waals surface area contributed by atoms with Crippen LogP contribution in [-0.2, 0) is 4.79 Å². The van der Waals surface area contributed by atoms with Gasteiger partial charge in [0.2, 0.25) is 5.91 Å². The molecule has 3 rings (SSSR count). The number of benzene rings is 1. The normalized spacial score (nSPS) is 12.6. The summed E-state index contributed by atoms with van der Waals surface area (Å²) in [6.45, 7) is 3.29. The van der Waals surface area contributed by atoms with Crippen molar-refractivity contribution in [3.05, 3.63) is 29.4 Å². The third kappa shape index (κ3) is 2.63. The first-order chi connectivity index (χ1) is 11.4. The third-order valence-electron chi connectivity index (χ3n) is 3.85. The number of rotatable bonds is 4. The molecule has 0 aliphatic heterocycles. The van der Waals surface area contributed by atoms with Crippen LogP contribution >= 0.6 is 0 Å². The van der Waals surface area contributed by atoms with Gasteiger partial charge in [-0.3, -0.25) is 14.6 Å². The second-order valence-electron chi connectivity index (χ2n) is 5.98. The molecule has 1 amide bonds. The standard InChI is InChI=1S/C17H18N4O3/c1-8(2)17(24)21-12-6-10(18)15-14-9(7-19-15)5-11(20-16(12)14)13(23)3-4-22/h5-8,20,22H,3-4,18H2,1-2H3. The van der Waals surface area contributed by atoms with Gasteiger partial charge >= 0.3 is 0 Å². The Bertz CT molecular complexity index is 1000. The van der Waals surface area contributed by atoms with Gasteiger partial charge in [0.25, 0.3) is 0 Å². The molecule has 3 aromatic rings. The van der Waals surface area contributed by atoms with Gasteiger partial charge in [-0.2, -0.15) is 0 Å². The van der Waals surface area contributed by atoms with E-state index < -0.39 is 0 Å². The number of anilines is 1. The molecule has 0 saturated heterocycles. The number of hydrogen-bond acceptors (Lipinski definition) is 5. The maximum absolute atomic E-state index is 12.1. The molecule has 0 spiro atoms. The Labute approximate surface area is 137 Å². The third-order valence-corrected chi connectivity index (χ3v) is 3.85. The Morgan fingerprint density at radius 3 is 2.79 bits per heavy atom. The predicted octanol–water partition coefficient (Wildman–Crippen LogP) is 1.38. The summed E-state index contributed by atoms with van der Waals surface area (Å²) in [6, 6.07) is 3.26. The van der Waals surface area contributed by atoms with Crippen LogP contribution in [0.1, 0.15) is 30.8 Å². The van der Waals surface area contributed by atoms with Crippen molar-refractivity contribution in [2.75, 3.05) is 12.3 Å². The van der Waals surface area contributed by atoms with Crippen LogP contribution in [0.15, 0.2) is 23.3 Å². The number of amides is 1. The summed E-state index contributed by atoms with van der Waals surface area (Å²) in [4.78, 5) is 35.6. The van der Waals surface area contributed by atoms with Crippen LogP contribution in [0.5, 0.6) is 0 Å². The van der Waals surface area contributed by atoms with Crippen LogP contribution in [0.25, 0.3) is 21.8 Å². The van der Waals surface area contributed by atoms with Gasteiger partial charge in [-0.25, -0.2) is 4.99 Å². The molecule has 24 heavy (non-hydrogen) atoms. The fourth-order valence-corrected chi connectivity index (χ4v) is 2.58. The molecule has 0 atom stereocenters. The molecule has 2 aromatic heterocycles. The van der Waals surface area contributed by atoms with Crippen molar-refractivity contribution in [1.29, 1.82) is 0 Å². The molecule has 0 aliphatic rings. The van der Waals surface area contributed by atoms with E-state index in [1.54, 1.807) is 32.2 Å². The Hall–Kier alpha value is -2.80. The van der Waals surface area contributed by atoms with Gasteiger partial charge in [0, 0.05) is 29.3 Å². The summed E-state index contributed by atoms with van der Waals surface area (Å²) in [5.74, 6) is -0.748. The van der Waals surface area contributed by atoms with Crippen LogP contribution in [0.4, 0.5) is 5.69 Å². The van der Waals surface area contributed by atoms with Gasteiger partial charge in [-0.05, 0) is 12.1 Å². The maximum atomic E-state index is 12.1. The van der Waals surface area contributed by atoms with Crippen molar-refractivity contribution in [1.82, 2.24) is 9.97 Å². The number of H-pyrrole nitrogens is 1. The van der Waals surface area contributed by atoms with Crippen LogP contribution in [0, 0.1) is 5.92 Å². The highest BCUT2D eigenvalue weighted by atomic mass is 16.3. The smallest absolute Gasteiger partial charge is 0.248 e. The number of ketones is 1. The molecule has 4 N–H and O–H groups in total. The highest BCUT2D eigenvalue weighted by Crippen LogP contribution is 2.27. The predicted molar refractivity (Wildman–Crippen MR) is 90.6 cm³/mol. The number of nitrogens with two attached hydrogens (primary N) is 1. The number of aromatic amines is 1. The molecular formula is C17H18N4O3. The molecule has 0 aliphatic carbocycles. The first kappa shape index (κ1) is 16.1. The zero-order valence-electron chi connectivity index (χ0n) is 13.5. The van der Waals surface area contributed by atoms with E-state index in [1.165, 1.54) is 0 Å². The average molecular weight is 326 g/mol. The van der Waals surface area contributed by atoms with E-state index in [2.05, 4.69) is 15.0 Å². The van der Waals surface area contributed by atoms with E-state index in [4.69, 9.17) is 10.8 Å². The second kappa shape index (κ2) is 6.01. The number of Topliss-reactive ketones (excluding diaryl/α,β-unsaturated/α-hetero) is 1. The highest BCUT2D eigenvalue weighted by Gasteiger charge is 2.16. The fourth-order valence-electron chi connectivity index (χ4n) is 2.58. The summed E-state index contributed by atoms with van der Waals surface area (Å²) >= 11 is 0. The topological polar surface area (TPSA) is 121 Å². The van der Waals surface area contributed by atoms with E-state index in [1.807, 2.05) is 0 Å². The minimum absolute atomic E-state index is 0.0117. The average Bonchev–Trinajstić information content (AvgIpc) is 2.97. The van der Waals surface area contributed by atoms with Crippen molar-refractivity contribution in [2.45, 2.75) is 20.3 Å². The molecule has 0 unspecified atom stereocenters. The number of aromatic nitrogens is 2. The number of nitrogens with zero attached hydrogens (tertiary/aromatic N) is 2. The van der Waals surface area contributed by atoms with Crippen LogP contribution in [0.3, 0.4) is 0 Å². The first-order valence-electron chi connectivity index (χ1n) is 7.68. The van der Waals surface area contributed by atoms with Gasteiger partial charge in [-0.1, -0.05) is 13.8 Å². The lowest BCUT2D eigenvalue weighted by Gasteiger charge is -2.07. The van der Waals surface area contributed by atoms with E-state index in [0.29, 0.717) is 27.8 Å².